The van der Waals surface area contributed by atoms with Gasteiger partial charge in [-0.1, -0.05) is 35.9 Å². The molecular formula is C19H11ClF3N3S2. The summed E-state index contributed by atoms with van der Waals surface area (Å²) in [7, 11) is 0. The lowest BCUT2D eigenvalue weighted by molar-refractivity contribution is -0.0327. The van der Waals surface area contributed by atoms with Crippen LogP contribution >= 0.6 is 34.7 Å². The Hall–Kier alpha value is -2.47. The SMILES string of the molecule is N#C/C(=C\Nc1ccccc1SC(F)(F)F)c1nc(-c2ccc(Cl)cc2)cs1. The van der Waals surface area contributed by atoms with Gasteiger partial charge in [-0.3, -0.25) is 0 Å². The van der Waals surface area contributed by atoms with E-state index in [2.05, 4.69) is 10.3 Å². The van der Waals surface area contributed by atoms with Crippen LogP contribution in [0, 0.1) is 11.3 Å². The Kier molecular flexibility index (Phi) is 6.29. The van der Waals surface area contributed by atoms with E-state index < -0.39 is 5.51 Å². The van der Waals surface area contributed by atoms with Crippen molar-refractivity contribution in [3.8, 4) is 17.3 Å². The summed E-state index contributed by atoms with van der Waals surface area (Å²) in [5, 5.41) is 15.1. The van der Waals surface area contributed by atoms with E-state index in [1.807, 2.05) is 18.2 Å². The lowest BCUT2D eigenvalue weighted by atomic mass is 10.2. The van der Waals surface area contributed by atoms with Crippen molar-refractivity contribution in [2.45, 2.75) is 10.4 Å². The van der Waals surface area contributed by atoms with Gasteiger partial charge in [-0.05, 0) is 36.0 Å². The first-order valence-electron chi connectivity index (χ1n) is 7.79. The predicted molar refractivity (Wildman–Crippen MR) is 108 cm³/mol. The van der Waals surface area contributed by atoms with Crippen molar-refractivity contribution < 1.29 is 13.2 Å². The van der Waals surface area contributed by atoms with Crippen LogP contribution in [0.5, 0.6) is 0 Å². The molecule has 0 atom stereocenters. The lowest BCUT2D eigenvalue weighted by Crippen LogP contribution is -2.01. The van der Waals surface area contributed by atoms with Crippen LogP contribution in [0.3, 0.4) is 0 Å². The largest absolute Gasteiger partial charge is 0.446 e. The first-order valence-corrected chi connectivity index (χ1v) is 9.86. The molecule has 1 N–H and O–H groups in total. The van der Waals surface area contributed by atoms with Crippen LogP contribution < -0.4 is 5.32 Å². The number of allylic oxidation sites excluding steroid dienone is 1. The fourth-order valence-electron chi connectivity index (χ4n) is 2.24. The van der Waals surface area contributed by atoms with Crippen molar-refractivity contribution in [1.29, 1.82) is 5.26 Å². The summed E-state index contributed by atoms with van der Waals surface area (Å²) in [4.78, 5) is 4.45. The van der Waals surface area contributed by atoms with Crippen LogP contribution in [0.1, 0.15) is 5.01 Å². The van der Waals surface area contributed by atoms with Gasteiger partial charge in [-0.2, -0.15) is 18.4 Å². The summed E-state index contributed by atoms with van der Waals surface area (Å²) in [5.41, 5.74) is -2.39. The zero-order chi connectivity index (χ0) is 20.1. The predicted octanol–water partition coefficient (Wildman–Crippen LogP) is 7.05. The molecule has 0 saturated heterocycles. The second-order valence-electron chi connectivity index (χ2n) is 5.40. The number of nitriles is 1. The maximum absolute atomic E-state index is 12.7. The van der Waals surface area contributed by atoms with Gasteiger partial charge in [0.2, 0.25) is 0 Å². The van der Waals surface area contributed by atoms with Gasteiger partial charge in [0.25, 0.3) is 0 Å². The molecule has 0 aliphatic carbocycles. The van der Waals surface area contributed by atoms with E-state index in [-0.39, 0.29) is 27.9 Å². The van der Waals surface area contributed by atoms with E-state index in [9.17, 15) is 18.4 Å². The Balaban J connectivity index is 1.83. The zero-order valence-corrected chi connectivity index (χ0v) is 16.4. The number of nitrogens with zero attached hydrogens (tertiary/aromatic N) is 2. The van der Waals surface area contributed by atoms with Crippen molar-refractivity contribution in [3.63, 3.8) is 0 Å². The highest BCUT2D eigenvalue weighted by Crippen LogP contribution is 2.40. The summed E-state index contributed by atoms with van der Waals surface area (Å²) in [6, 6.07) is 15.2. The third-order valence-electron chi connectivity index (χ3n) is 3.48. The number of anilines is 1. The number of hydrogen-bond acceptors (Lipinski definition) is 5. The molecule has 0 unspecified atom stereocenters. The van der Waals surface area contributed by atoms with Crippen LogP contribution in [-0.4, -0.2) is 10.5 Å². The van der Waals surface area contributed by atoms with Crippen LogP contribution in [0.15, 0.2) is 65.0 Å². The van der Waals surface area contributed by atoms with E-state index >= 15 is 0 Å². The van der Waals surface area contributed by atoms with Crippen molar-refractivity contribution in [3.05, 3.63) is 70.1 Å². The minimum absolute atomic E-state index is 0.0181. The minimum Gasteiger partial charge on any atom is -0.359 e. The maximum atomic E-state index is 12.7. The first-order chi connectivity index (χ1) is 13.4. The van der Waals surface area contributed by atoms with Gasteiger partial charge in [0, 0.05) is 27.1 Å². The van der Waals surface area contributed by atoms with Crippen molar-refractivity contribution in [1.82, 2.24) is 4.98 Å². The Bertz CT molecular complexity index is 1040. The highest BCUT2D eigenvalue weighted by molar-refractivity contribution is 8.00. The summed E-state index contributed by atoms with van der Waals surface area (Å²) < 4.78 is 38.1. The number of para-hydroxylation sites is 1. The molecule has 2 aromatic carbocycles. The molecule has 28 heavy (non-hydrogen) atoms. The lowest BCUT2D eigenvalue weighted by Gasteiger charge is -2.10. The molecule has 1 heterocycles. The molecule has 0 radical (unpaired) electrons. The fourth-order valence-corrected chi connectivity index (χ4v) is 3.80. The van der Waals surface area contributed by atoms with Gasteiger partial charge in [0.05, 0.1) is 11.4 Å². The topological polar surface area (TPSA) is 48.7 Å². The number of thiazole rings is 1. The Morgan fingerprint density at radius 1 is 1.18 bits per heavy atom. The molecule has 0 bridgehead atoms. The molecule has 0 aliphatic rings. The molecule has 1 aromatic heterocycles. The first kappa shape index (κ1) is 20.3. The van der Waals surface area contributed by atoms with Gasteiger partial charge >= 0.3 is 5.51 Å². The molecule has 0 aliphatic heterocycles. The number of halogens is 4. The van der Waals surface area contributed by atoms with Crippen molar-refractivity contribution >= 4 is 46.0 Å². The standard InChI is InChI=1S/C19H11ClF3N3S2/c20-14-7-5-12(6-8-14)16-11-27-18(26-16)13(9-24)10-25-15-3-1-2-4-17(15)28-19(21,22)23/h1-8,10-11,25H/b13-10+. The molecule has 0 fully saturated rings. The third-order valence-corrected chi connectivity index (χ3v) is 5.41. The maximum Gasteiger partial charge on any atom is 0.446 e. The minimum atomic E-state index is -4.40. The van der Waals surface area contributed by atoms with E-state index in [1.165, 1.54) is 35.7 Å². The number of benzene rings is 2. The normalized spacial score (nSPS) is 11.9. The molecule has 3 aromatic rings. The second-order valence-corrected chi connectivity index (χ2v) is 7.80. The third kappa shape index (κ3) is 5.29. The molecule has 0 amide bonds. The van der Waals surface area contributed by atoms with E-state index in [0.29, 0.717) is 15.7 Å². The quantitative estimate of drug-likeness (QED) is 0.343. The molecular weight excluding hydrogens is 427 g/mol. The molecule has 142 valence electrons. The van der Waals surface area contributed by atoms with Crippen LogP contribution in [0.2, 0.25) is 5.02 Å². The van der Waals surface area contributed by atoms with Crippen molar-refractivity contribution in [2.24, 2.45) is 0 Å². The zero-order valence-electron chi connectivity index (χ0n) is 14.0. The number of rotatable bonds is 5. The molecule has 0 saturated carbocycles. The summed E-state index contributed by atoms with van der Waals surface area (Å²) >= 11 is 6.94. The Morgan fingerprint density at radius 3 is 2.57 bits per heavy atom. The number of nitrogens with one attached hydrogen (secondary N) is 1. The molecule has 9 heteroatoms. The fraction of sp³-hybridized carbons (Fsp3) is 0.0526. The summed E-state index contributed by atoms with van der Waals surface area (Å²) in [6.07, 6.45) is 1.36. The molecule has 0 spiro atoms. The van der Waals surface area contributed by atoms with Gasteiger partial charge in [-0.15, -0.1) is 11.3 Å². The van der Waals surface area contributed by atoms with Gasteiger partial charge in [-0.25, -0.2) is 4.98 Å². The van der Waals surface area contributed by atoms with Gasteiger partial charge < -0.3 is 5.32 Å². The van der Waals surface area contributed by atoms with E-state index in [4.69, 9.17) is 11.6 Å². The van der Waals surface area contributed by atoms with Gasteiger partial charge in [0.15, 0.2) is 0 Å². The summed E-state index contributed by atoms with van der Waals surface area (Å²) in [5.74, 6) is 0. The monoisotopic (exact) mass is 437 g/mol. The average molecular weight is 438 g/mol. The highest BCUT2D eigenvalue weighted by Gasteiger charge is 2.30. The smallest absolute Gasteiger partial charge is 0.359 e. The number of thioether (sulfide) groups is 1. The average Bonchev–Trinajstić information content (AvgIpc) is 3.13. The molecule has 3 nitrogen and oxygen atoms in total. The Morgan fingerprint density at radius 2 is 1.89 bits per heavy atom. The number of alkyl halides is 3. The van der Waals surface area contributed by atoms with Gasteiger partial charge in [0.1, 0.15) is 16.6 Å². The number of hydrogen-bond donors (Lipinski definition) is 1. The van der Waals surface area contributed by atoms with Crippen LogP contribution in [0.25, 0.3) is 16.8 Å². The van der Waals surface area contributed by atoms with Crippen molar-refractivity contribution in [2.75, 3.05) is 5.32 Å². The van der Waals surface area contributed by atoms with E-state index in [0.717, 1.165) is 5.56 Å². The molecule has 3 rings (SSSR count). The van der Waals surface area contributed by atoms with E-state index in [1.54, 1.807) is 23.6 Å². The number of aromatic nitrogens is 1. The summed E-state index contributed by atoms with van der Waals surface area (Å²) in [6.45, 7) is 0. The Labute approximate surface area is 172 Å². The highest BCUT2D eigenvalue weighted by atomic mass is 35.5. The van der Waals surface area contributed by atoms with Crippen LogP contribution in [-0.2, 0) is 0 Å². The van der Waals surface area contributed by atoms with Crippen LogP contribution in [0.4, 0.5) is 18.9 Å². The second kappa shape index (κ2) is 8.69.